The second-order valence-corrected chi connectivity index (χ2v) is 6.26. The molecule has 1 saturated heterocycles. The fourth-order valence-corrected chi connectivity index (χ4v) is 3.03. The van der Waals surface area contributed by atoms with Crippen LogP contribution in [0.25, 0.3) is 0 Å². The maximum Gasteiger partial charge on any atom is 0.326 e. The highest BCUT2D eigenvalue weighted by Crippen LogP contribution is 2.18. The van der Waals surface area contributed by atoms with Crippen molar-refractivity contribution in [3.8, 4) is 0 Å². The summed E-state index contributed by atoms with van der Waals surface area (Å²) in [4.78, 5) is 36.7. The number of esters is 1. The van der Waals surface area contributed by atoms with Gasteiger partial charge in [0.2, 0.25) is 5.91 Å². The zero-order chi connectivity index (χ0) is 16.7. The van der Waals surface area contributed by atoms with Crippen LogP contribution in [0.3, 0.4) is 0 Å². The van der Waals surface area contributed by atoms with Crippen molar-refractivity contribution in [2.75, 3.05) is 25.7 Å². The van der Waals surface area contributed by atoms with E-state index in [4.69, 9.17) is 9.84 Å². The lowest BCUT2D eigenvalue weighted by Crippen LogP contribution is -2.53. The van der Waals surface area contributed by atoms with Gasteiger partial charge in [0.05, 0.1) is 13.2 Å². The molecule has 0 aliphatic carbocycles. The maximum absolute atomic E-state index is 12.4. The van der Waals surface area contributed by atoms with E-state index in [1.807, 2.05) is 6.26 Å². The minimum atomic E-state index is -0.982. The lowest BCUT2D eigenvalue weighted by Gasteiger charge is -2.27. The first kappa shape index (κ1) is 18.8. The second kappa shape index (κ2) is 8.99. The molecule has 1 aliphatic heterocycles. The van der Waals surface area contributed by atoms with Crippen LogP contribution in [0.5, 0.6) is 0 Å². The zero-order valence-corrected chi connectivity index (χ0v) is 14.0. The molecule has 1 rings (SSSR count). The molecule has 1 unspecified atom stereocenters. The summed E-state index contributed by atoms with van der Waals surface area (Å²) < 4.78 is 4.75. The number of aliphatic carboxylic acids is 1. The Bertz CT molecular complexity index is 418. The van der Waals surface area contributed by atoms with Crippen molar-refractivity contribution in [2.24, 2.45) is 0 Å². The van der Waals surface area contributed by atoms with Crippen LogP contribution < -0.4 is 5.32 Å². The number of methoxy groups -OCH3 is 1. The Morgan fingerprint density at radius 1 is 1.45 bits per heavy atom. The average Bonchev–Trinajstić information content (AvgIpc) is 2.99. The summed E-state index contributed by atoms with van der Waals surface area (Å²) in [5.41, 5.74) is 0. The van der Waals surface area contributed by atoms with E-state index in [0.29, 0.717) is 25.8 Å². The van der Waals surface area contributed by atoms with Gasteiger partial charge in [-0.25, -0.2) is 4.79 Å². The van der Waals surface area contributed by atoms with Crippen LogP contribution in [-0.4, -0.2) is 71.6 Å². The van der Waals surface area contributed by atoms with Crippen molar-refractivity contribution < 1.29 is 24.2 Å². The highest BCUT2D eigenvalue weighted by atomic mass is 32.2. The average molecular weight is 332 g/mol. The standard InChI is InChI=1S/C14H24N2O5S/c1-9(15-10(6-8-22-3)14(20)21-2)12(17)16-7-4-5-11(16)13(18)19/h9-11,15H,4-8H2,1-3H3,(H,18,19)/t9?,10-,11-/m0/s1. The third-order valence-corrected chi connectivity index (χ3v) is 4.38. The lowest BCUT2D eigenvalue weighted by molar-refractivity contribution is -0.149. The molecular weight excluding hydrogens is 308 g/mol. The van der Waals surface area contributed by atoms with Crippen LogP contribution in [0, 0.1) is 0 Å². The van der Waals surface area contributed by atoms with Gasteiger partial charge in [0.25, 0.3) is 0 Å². The maximum atomic E-state index is 12.4. The van der Waals surface area contributed by atoms with Gasteiger partial charge in [-0.05, 0) is 38.2 Å². The number of carboxylic acids is 1. The number of ether oxygens (including phenoxy) is 1. The molecule has 0 aromatic rings. The zero-order valence-electron chi connectivity index (χ0n) is 13.2. The number of amides is 1. The Labute approximate surface area is 134 Å². The minimum Gasteiger partial charge on any atom is -0.480 e. The smallest absolute Gasteiger partial charge is 0.326 e. The molecule has 1 aliphatic rings. The number of thioether (sulfide) groups is 1. The topological polar surface area (TPSA) is 95.9 Å². The van der Waals surface area contributed by atoms with Crippen LogP contribution in [0.1, 0.15) is 26.2 Å². The Kier molecular flexibility index (Phi) is 7.67. The summed E-state index contributed by atoms with van der Waals surface area (Å²) >= 11 is 1.60. The monoisotopic (exact) mass is 332 g/mol. The van der Waals surface area contributed by atoms with Gasteiger partial charge in [-0.3, -0.25) is 14.9 Å². The van der Waals surface area contributed by atoms with Gasteiger partial charge in [-0.1, -0.05) is 0 Å². The first-order valence-corrected chi connectivity index (χ1v) is 8.67. The minimum absolute atomic E-state index is 0.289. The highest BCUT2D eigenvalue weighted by Gasteiger charge is 2.36. The van der Waals surface area contributed by atoms with E-state index in [-0.39, 0.29) is 5.91 Å². The summed E-state index contributed by atoms with van der Waals surface area (Å²) in [5, 5.41) is 12.1. The van der Waals surface area contributed by atoms with E-state index < -0.39 is 30.1 Å². The molecule has 126 valence electrons. The summed E-state index contributed by atoms with van der Waals surface area (Å²) in [6, 6.07) is -1.97. The first-order chi connectivity index (χ1) is 10.4. The van der Waals surface area contributed by atoms with E-state index in [0.717, 1.165) is 5.75 Å². The van der Waals surface area contributed by atoms with Gasteiger partial charge in [0.1, 0.15) is 12.1 Å². The molecule has 0 aromatic heterocycles. The molecule has 7 nitrogen and oxygen atoms in total. The molecule has 0 saturated carbocycles. The number of carboxylic acid groups (broad SMARTS) is 1. The quantitative estimate of drug-likeness (QED) is 0.619. The molecule has 0 bridgehead atoms. The Morgan fingerprint density at radius 2 is 2.14 bits per heavy atom. The van der Waals surface area contributed by atoms with Crippen LogP contribution >= 0.6 is 11.8 Å². The number of nitrogens with one attached hydrogen (secondary N) is 1. The lowest BCUT2D eigenvalue weighted by atomic mass is 10.1. The molecule has 3 atom stereocenters. The van der Waals surface area contributed by atoms with Crippen LogP contribution in [0.2, 0.25) is 0 Å². The molecule has 1 heterocycles. The van der Waals surface area contributed by atoms with Crippen molar-refractivity contribution >= 4 is 29.6 Å². The normalized spacial score (nSPS) is 20.5. The van der Waals surface area contributed by atoms with Gasteiger partial charge < -0.3 is 14.7 Å². The van der Waals surface area contributed by atoms with Gasteiger partial charge in [-0.15, -0.1) is 0 Å². The molecular formula is C14H24N2O5S. The summed E-state index contributed by atoms with van der Waals surface area (Å²) in [6.07, 6.45) is 3.64. The molecule has 22 heavy (non-hydrogen) atoms. The van der Waals surface area contributed by atoms with Crippen LogP contribution in [0.15, 0.2) is 0 Å². The van der Waals surface area contributed by atoms with Gasteiger partial charge in [-0.2, -0.15) is 11.8 Å². The molecule has 8 heteroatoms. The number of rotatable bonds is 8. The molecule has 1 amide bonds. The van der Waals surface area contributed by atoms with E-state index in [9.17, 15) is 14.4 Å². The Hall–Kier alpha value is -1.28. The van der Waals surface area contributed by atoms with Crippen molar-refractivity contribution in [1.82, 2.24) is 10.2 Å². The molecule has 0 radical (unpaired) electrons. The van der Waals surface area contributed by atoms with Crippen molar-refractivity contribution in [2.45, 2.75) is 44.3 Å². The van der Waals surface area contributed by atoms with E-state index >= 15 is 0 Å². The third-order valence-electron chi connectivity index (χ3n) is 3.74. The van der Waals surface area contributed by atoms with E-state index in [1.54, 1.807) is 18.7 Å². The van der Waals surface area contributed by atoms with Crippen molar-refractivity contribution in [3.05, 3.63) is 0 Å². The number of nitrogens with zero attached hydrogens (tertiary/aromatic N) is 1. The van der Waals surface area contributed by atoms with Crippen LogP contribution in [0.4, 0.5) is 0 Å². The van der Waals surface area contributed by atoms with E-state index in [1.165, 1.54) is 12.0 Å². The second-order valence-electron chi connectivity index (χ2n) is 5.27. The molecule has 1 fully saturated rings. The summed E-state index contributed by atoms with van der Waals surface area (Å²) in [5.74, 6) is -0.924. The highest BCUT2D eigenvalue weighted by molar-refractivity contribution is 7.98. The first-order valence-electron chi connectivity index (χ1n) is 7.28. The van der Waals surface area contributed by atoms with Crippen molar-refractivity contribution in [1.29, 1.82) is 0 Å². The number of likely N-dealkylation sites (tertiary alicyclic amines) is 1. The Balaban J connectivity index is 2.67. The number of hydrogen-bond acceptors (Lipinski definition) is 6. The van der Waals surface area contributed by atoms with Gasteiger partial charge in [0.15, 0.2) is 0 Å². The third kappa shape index (κ3) is 4.88. The molecule has 0 aromatic carbocycles. The van der Waals surface area contributed by atoms with E-state index in [2.05, 4.69) is 5.32 Å². The fraction of sp³-hybridized carbons (Fsp3) is 0.786. The largest absolute Gasteiger partial charge is 0.480 e. The summed E-state index contributed by atoms with van der Waals surface area (Å²) in [6.45, 7) is 2.09. The number of carbonyl (C=O) groups is 3. The summed E-state index contributed by atoms with van der Waals surface area (Å²) in [7, 11) is 1.31. The number of carbonyl (C=O) groups excluding carboxylic acids is 2. The number of hydrogen-bond donors (Lipinski definition) is 2. The predicted molar refractivity (Wildman–Crippen MR) is 83.8 cm³/mol. The fourth-order valence-electron chi connectivity index (χ4n) is 2.56. The molecule has 0 spiro atoms. The molecule has 2 N–H and O–H groups in total. The predicted octanol–water partition coefficient (Wildman–Crippen LogP) is 0.335. The Morgan fingerprint density at radius 3 is 2.68 bits per heavy atom. The van der Waals surface area contributed by atoms with Gasteiger partial charge >= 0.3 is 11.9 Å². The van der Waals surface area contributed by atoms with Gasteiger partial charge in [0, 0.05) is 6.54 Å². The van der Waals surface area contributed by atoms with Crippen molar-refractivity contribution in [3.63, 3.8) is 0 Å². The SMILES string of the molecule is COC(=O)[C@H](CCSC)NC(C)C(=O)N1CCC[C@H]1C(=O)O. The van der Waals surface area contributed by atoms with Crippen LogP contribution in [-0.2, 0) is 19.1 Å².